The summed E-state index contributed by atoms with van der Waals surface area (Å²) >= 11 is 0. The third kappa shape index (κ3) is 4.60. The zero-order valence-corrected chi connectivity index (χ0v) is 14.5. The van der Waals surface area contributed by atoms with Crippen LogP contribution in [0.15, 0.2) is 73.1 Å². The number of hydrogen-bond acceptors (Lipinski definition) is 4. The molecule has 0 aliphatic carbocycles. The number of benzene rings is 2. The highest BCUT2D eigenvalue weighted by molar-refractivity contribution is 5.94. The van der Waals surface area contributed by atoms with E-state index in [1.807, 2.05) is 36.4 Å². The highest BCUT2D eigenvalue weighted by Gasteiger charge is 2.08. The first-order valence-corrected chi connectivity index (χ1v) is 8.28. The fourth-order valence-corrected chi connectivity index (χ4v) is 2.48. The van der Waals surface area contributed by atoms with E-state index in [1.54, 1.807) is 43.8 Å². The molecule has 0 spiro atoms. The van der Waals surface area contributed by atoms with Gasteiger partial charge in [0.15, 0.2) is 0 Å². The maximum atomic E-state index is 12.3. The van der Waals surface area contributed by atoms with Crippen molar-refractivity contribution in [1.82, 2.24) is 10.3 Å². The SMILES string of the molecule is COc1ccccc1CNC(=O)c1ccc(OCc2cccnc2)cc1. The predicted octanol–water partition coefficient (Wildman–Crippen LogP) is 3.60. The van der Waals surface area contributed by atoms with Crippen molar-refractivity contribution in [1.29, 1.82) is 0 Å². The lowest BCUT2D eigenvalue weighted by molar-refractivity contribution is 0.0950. The van der Waals surface area contributed by atoms with Crippen molar-refractivity contribution in [2.24, 2.45) is 0 Å². The number of nitrogens with zero attached hydrogens (tertiary/aromatic N) is 1. The van der Waals surface area contributed by atoms with Gasteiger partial charge in [-0.3, -0.25) is 9.78 Å². The summed E-state index contributed by atoms with van der Waals surface area (Å²) in [6.45, 7) is 0.843. The first-order valence-electron chi connectivity index (χ1n) is 8.28. The Hall–Kier alpha value is -3.34. The quantitative estimate of drug-likeness (QED) is 0.709. The monoisotopic (exact) mass is 348 g/mol. The number of pyridine rings is 1. The van der Waals surface area contributed by atoms with E-state index in [0.717, 1.165) is 16.9 Å². The number of aromatic nitrogens is 1. The third-order valence-electron chi connectivity index (χ3n) is 3.88. The maximum Gasteiger partial charge on any atom is 0.251 e. The van der Waals surface area contributed by atoms with Crippen molar-refractivity contribution in [2.75, 3.05) is 7.11 Å². The molecule has 0 fully saturated rings. The first-order chi connectivity index (χ1) is 12.8. The van der Waals surface area contributed by atoms with Gasteiger partial charge in [-0.25, -0.2) is 0 Å². The summed E-state index contributed by atoms with van der Waals surface area (Å²) in [4.78, 5) is 16.4. The highest BCUT2D eigenvalue weighted by Crippen LogP contribution is 2.17. The average molecular weight is 348 g/mol. The van der Waals surface area contributed by atoms with E-state index in [2.05, 4.69) is 10.3 Å². The minimum absolute atomic E-state index is 0.144. The van der Waals surface area contributed by atoms with Gasteiger partial charge in [0.2, 0.25) is 0 Å². The van der Waals surface area contributed by atoms with Gasteiger partial charge in [0, 0.05) is 35.6 Å². The number of hydrogen-bond donors (Lipinski definition) is 1. The van der Waals surface area contributed by atoms with Gasteiger partial charge in [0.25, 0.3) is 5.91 Å². The highest BCUT2D eigenvalue weighted by atomic mass is 16.5. The normalized spacial score (nSPS) is 10.2. The molecule has 0 saturated carbocycles. The van der Waals surface area contributed by atoms with Gasteiger partial charge in [0.05, 0.1) is 7.11 Å². The number of carbonyl (C=O) groups excluding carboxylic acids is 1. The number of ether oxygens (including phenoxy) is 2. The Bertz CT molecular complexity index is 849. The van der Waals surface area contributed by atoms with Crippen LogP contribution in [-0.2, 0) is 13.2 Å². The third-order valence-corrected chi connectivity index (χ3v) is 3.88. The molecule has 0 atom stereocenters. The summed E-state index contributed by atoms with van der Waals surface area (Å²) in [7, 11) is 1.62. The number of nitrogens with one attached hydrogen (secondary N) is 1. The van der Waals surface area contributed by atoms with Crippen molar-refractivity contribution in [3.8, 4) is 11.5 Å². The molecular formula is C21H20N2O3. The smallest absolute Gasteiger partial charge is 0.251 e. The molecule has 5 nitrogen and oxygen atoms in total. The van der Waals surface area contributed by atoms with E-state index in [9.17, 15) is 4.79 Å². The summed E-state index contributed by atoms with van der Waals surface area (Å²) in [5.74, 6) is 1.32. The molecule has 1 aromatic heterocycles. The van der Waals surface area contributed by atoms with Gasteiger partial charge in [-0.15, -0.1) is 0 Å². The van der Waals surface area contributed by atoms with Crippen molar-refractivity contribution in [2.45, 2.75) is 13.2 Å². The molecule has 0 aliphatic rings. The van der Waals surface area contributed by atoms with Gasteiger partial charge >= 0.3 is 0 Å². The number of amides is 1. The molecule has 1 amide bonds. The lowest BCUT2D eigenvalue weighted by Gasteiger charge is -2.10. The zero-order valence-electron chi connectivity index (χ0n) is 14.5. The number of methoxy groups -OCH3 is 1. The van der Waals surface area contributed by atoms with Crippen molar-refractivity contribution in [3.63, 3.8) is 0 Å². The first kappa shape index (κ1) is 17.5. The fraction of sp³-hybridized carbons (Fsp3) is 0.143. The molecule has 0 aliphatic heterocycles. The molecule has 2 aromatic carbocycles. The molecule has 0 unspecified atom stereocenters. The fourth-order valence-electron chi connectivity index (χ4n) is 2.48. The second-order valence-corrected chi connectivity index (χ2v) is 5.67. The van der Waals surface area contributed by atoms with Crippen LogP contribution in [0.25, 0.3) is 0 Å². The maximum absolute atomic E-state index is 12.3. The molecule has 0 saturated heterocycles. The Balaban J connectivity index is 1.55. The Morgan fingerprint density at radius 2 is 1.85 bits per heavy atom. The molecule has 132 valence electrons. The Morgan fingerprint density at radius 1 is 1.04 bits per heavy atom. The van der Waals surface area contributed by atoms with E-state index >= 15 is 0 Å². The van der Waals surface area contributed by atoms with E-state index < -0.39 is 0 Å². The summed E-state index contributed by atoms with van der Waals surface area (Å²) in [6.07, 6.45) is 3.49. The number of rotatable bonds is 7. The molecule has 1 N–H and O–H groups in total. The van der Waals surface area contributed by atoms with Gasteiger partial charge < -0.3 is 14.8 Å². The topological polar surface area (TPSA) is 60.5 Å². The van der Waals surface area contributed by atoms with E-state index in [1.165, 1.54) is 0 Å². The van der Waals surface area contributed by atoms with Crippen molar-refractivity contribution in [3.05, 3.63) is 89.7 Å². The standard InChI is InChI=1S/C21H20N2O3/c1-25-20-7-3-2-6-18(20)14-23-21(24)17-8-10-19(11-9-17)26-15-16-5-4-12-22-13-16/h2-13H,14-15H2,1H3,(H,23,24). The summed E-state index contributed by atoms with van der Waals surface area (Å²) in [6, 6.07) is 18.5. The Morgan fingerprint density at radius 3 is 2.58 bits per heavy atom. The van der Waals surface area contributed by atoms with Crippen molar-refractivity contribution < 1.29 is 14.3 Å². The zero-order chi connectivity index (χ0) is 18.2. The Labute approximate surface area is 152 Å². The van der Waals surface area contributed by atoms with Crippen LogP contribution in [0.2, 0.25) is 0 Å². The summed E-state index contributed by atoms with van der Waals surface area (Å²) in [5.41, 5.74) is 2.50. The van der Waals surface area contributed by atoms with Crippen LogP contribution in [0.1, 0.15) is 21.5 Å². The van der Waals surface area contributed by atoms with Gasteiger partial charge in [-0.2, -0.15) is 0 Å². The Kier molecular flexibility index (Phi) is 5.83. The van der Waals surface area contributed by atoms with Gasteiger partial charge in [0.1, 0.15) is 18.1 Å². The lowest BCUT2D eigenvalue weighted by Crippen LogP contribution is -2.22. The minimum Gasteiger partial charge on any atom is -0.496 e. The van der Waals surface area contributed by atoms with E-state index in [0.29, 0.717) is 24.5 Å². The molecular weight excluding hydrogens is 328 g/mol. The van der Waals surface area contributed by atoms with Crippen molar-refractivity contribution >= 4 is 5.91 Å². The summed E-state index contributed by atoms with van der Waals surface area (Å²) in [5, 5.41) is 2.90. The summed E-state index contributed by atoms with van der Waals surface area (Å²) < 4.78 is 11.0. The van der Waals surface area contributed by atoms with Crippen LogP contribution >= 0.6 is 0 Å². The molecule has 0 radical (unpaired) electrons. The van der Waals surface area contributed by atoms with E-state index in [-0.39, 0.29) is 5.91 Å². The molecule has 0 bridgehead atoms. The van der Waals surface area contributed by atoms with Crippen LogP contribution in [0, 0.1) is 0 Å². The number of carbonyl (C=O) groups is 1. The lowest BCUT2D eigenvalue weighted by atomic mass is 10.1. The molecule has 3 aromatic rings. The minimum atomic E-state index is -0.144. The molecule has 3 rings (SSSR count). The second-order valence-electron chi connectivity index (χ2n) is 5.67. The predicted molar refractivity (Wildman–Crippen MR) is 99.2 cm³/mol. The molecule has 1 heterocycles. The van der Waals surface area contributed by atoms with Gasteiger partial charge in [-0.05, 0) is 36.4 Å². The van der Waals surface area contributed by atoms with Crippen LogP contribution < -0.4 is 14.8 Å². The van der Waals surface area contributed by atoms with Gasteiger partial charge in [-0.1, -0.05) is 24.3 Å². The second kappa shape index (κ2) is 8.67. The largest absolute Gasteiger partial charge is 0.496 e. The average Bonchev–Trinajstić information content (AvgIpc) is 2.72. The molecule has 5 heteroatoms. The number of para-hydroxylation sites is 1. The van der Waals surface area contributed by atoms with Crippen LogP contribution in [0.5, 0.6) is 11.5 Å². The van der Waals surface area contributed by atoms with Crippen LogP contribution in [0.4, 0.5) is 0 Å². The van der Waals surface area contributed by atoms with Crippen LogP contribution in [-0.4, -0.2) is 18.0 Å². The van der Waals surface area contributed by atoms with E-state index in [4.69, 9.17) is 9.47 Å². The molecule has 26 heavy (non-hydrogen) atoms. The van der Waals surface area contributed by atoms with Crippen LogP contribution in [0.3, 0.4) is 0 Å².